The van der Waals surface area contributed by atoms with Gasteiger partial charge in [-0.1, -0.05) is 26.2 Å². The Labute approximate surface area is 174 Å². The molecular weight excluding hydrogens is 366 g/mol. The third-order valence-electron chi connectivity index (χ3n) is 6.12. The van der Waals surface area contributed by atoms with Crippen LogP contribution in [0.1, 0.15) is 51.9 Å². The molecule has 1 aromatic rings. The lowest BCUT2D eigenvalue weighted by Crippen LogP contribution is -2.42. The highest BCUT2D eigenvalue weighted by molar-refractivity contribution is 5.99. The zero-order valence-corrected chi connectivity index (χ0v) is 18.1. The van der Waals surface area contributed by atoms with Gasteiger partial charge in [0.25, 0.3) is 5.91 Å². The Hall–Kier alpha value is -2.08. The number of hydrogen-bond acceptors (Lipinski definition) is 4. The van der Waals surface area contributed by atoms with Gasteiger partial charge in [0.05, 0.1) is 5.69 Å². The van der Waals surface area contributed by atoms with Crippen molar-refractivity contribution in [1.29, 1.82) is 0 Å². The molecule has 6 heteroatoms. The Kier molecular flexibility index (Phi) is 7.53. The first-order chi connectivity index (χ1) is 14.0. The SMILES string of the molecule is CCCCC1CCC(C(=O)Nc2ccc3c(c2)N(CCN(C)C)C(=O)CO3)CC1. The van der Waals surface area contributed by atoms with Crippen molar-refractivity contribution in [2.75, 3.05) is 44.0 Å². The van der Waals surface area contributed by atoms with Gasteiger partial charge in [0.2, 0.25) is 5.91 Å². The van der Waals surface area contributed by atoms with Crippen LogP contribution in [0.25, 0.3) is 0 Å². The van der Waals surface area contributed by atoms with Crippen LogP contribution in [0, 0.1) is 11.8 Å². The van der Waals surface area contributed by atoms with E-state index in [1.54, 1.807) is 4.90 Å². The van der Waals surface area contributed by atoms with Crippen LogP contribution in [0.15, 0.2) is 18.2 Å². The number of anilines is 2. The van der Waals surface area contributed by atoms with E-state index in [0.29, 0.717) is 12.3 Å². The summed E-state index contributed by atoms with van der Waals surface area (Å²) in [6.45, 7) is 3.66. The molecule has 0 atom stereocenters. The first kappa shape index (κ1) is 21.6. The number of ether oxygens (including phenoxy) is 1. The number of fused-ring (bicyclic) bond motifs is 1. The van der Waals surface area contributed by atoms with Crippen LogP contribution in [-0.2, 0) is 9.59 Å². The number of likely N-dealkylation sites (N-methyl/N-ethyl adjacent to an activating group) is 1. The summed E-state index contributed by atoms with van der Waals surface area (Å²) in [5.41, 5.74) is 1.47. The average molecular weight is 402 g/mol. The Morgan fingerprint density at radius 2 is 2.00 bits per heavy atom. The second-order valence-corrected chi connectivity index (χ2v) is 8.67. The molecule has 1 N–H and O–H groups in total. The fourth-order valence-electron chi connectivity index (χ4n) is 4.28. The van der Waals surface area contributed by atoms with E-state index in [1.165, 1.54) is 19.3 Å². The van der Waals surface area contributed by atoms with E-state index in [-0.39, 0.29) is 24.3 Å². The van der Waals surface area contributed by atoms with E-state index in [1.807, 2.05) is 37.2 Å². The summed E-state index contributed by atoms with van der Waals surface area (Å²) in [7, 11) is 3.97. The van der Waals surface area contributed by atoms with Crippen LogP contribution >= 0.6 is 0 Å². The van der Waals surface area contributed by atoms with Gasteiger partial charge in [-0.3, -0.25) is 9.59 Å². The average Bonchev–Trinajstić information content (AvgIpc) is 2.71. The van der Waals surface area contributed by atoms with Crippen molar-refractivity contribution in [1.82, 2.24) is 4.90 Å². The molecule has 1 saturated carbocycles. The van der Waals surface area contributed by atoms with Crippen LogP contribution in [-0.4, -0.2) is 50.5 Å². The highest BCUT2D eigenvalue weighted by Gasteiger charge is 2.28. The van der Waals surface area contributed by atoms with Gasteiger partial charge in [-0.25, -0.2) is 0 Å². The maximum absolute atomic E-state index is 12.8. The lowest BCUT2D eigenvalue weighted by Gasteiger charge is -2.31. The van der Waals surface area contributed by atoms with Gasteiger partial charge in [0, 0.05) is 24.7 Å². The molecule has 0 radical (unpaired) electrons. The lowest BCUT2D eigenvalue weighted by molar-refractivity contribution is -0.121. The Bertz CT molecular complexity index is 711. The largest absolute Gasteiger partial charge is 0.482 e. The van der Waals surface area contributed by atoms with Crippen molar-refractivity contribution in [2.24, 2.45) is 11.8 Å². The zero-order valence-electron chi connectivity index (χ0n) is 18.1. The highest BCUT2D eigenvalue weighted by Crippen LogP contribution is 2.36. The first-order valence-corrected chi connectivity index (χ1v) is 11.0. The number of carbonyl (C=O) groups is 2. The Morgan fingerprint density at radius 1 is 1.24 bits per heavy atom. The normalized spacial score (nSPS) is 21.7. The van der Waals surface area contributed by atoms with Crippen molar-refractivity contribution in [2.45, 2.75) is 51.9 Å². The minimum Gasteiger partial charge on any atom is -0.482 e. The lowest BCUT2D eigenvalue weighted by atomic mass is 9.79. The minimum atomic E-state index is -0.0479. The molecule has 160 valence electrons. The van der Waals surface area contributed by atoms with Crippen molar-refractivity contribution in [3.8, 4) is 5.75 Å². The Morgan fingerprint density at radius 3 is 2.69 bits per heavy atom. The molecule has 0 bridgehead atoms. The quantitative estimate of drug-likeness (QED) is 0.717. The first-order valence-electron chi connectivity index (χ1n) is 11.0. The summed E-state index contributed by atoms with van der Waals surface area (Å²) in [6, 6.07) is 5.58. The number of unbranched alkanes of at least 4 members (excludes halogenated alkanes) is 1. The summed E-state index contributed by atoms with van der Waals surface area (Å²) in [5, 5.41) is 3.08. The van der Waals surface area contributed by atoms with E-state index in [2.05, 4.69) is 12.2 Å². The summed E-state index contributed by atoms with van der Waals surface area (Å²) >= 11 is 0. The number of rotatable bonds is 8. The fraction of sp³-hybridized carbons (Fsp3) is 0.652. The van der Waals surface area contributed by atoms with Crippen LogP contribution in [0.4, 0.5) is 11.4 Å². The van der Waals surface area contributed by atoms with Crippen LogP contribution < -0.4 is 15.0 Å². The van der Waals surface area contributed by atoms with Crippen LogP contribution in [0.2, 0.25) is 0 Å². The molecule has 1 heterocycles. The van der Waals surface area contributed by atoms with Gasteiger partial charge < -0.3 is 19.9 Å². The van der Waals surface area contributed by atoms with Gasteiger partial charge in [0.15, 0.2) is 6.61 Å². The Balaban J connectivity index is 1.62. The topological polar surface area (TPSA) is 61.9 Å². The monoisotopic (exact) mass is 401 g/mol. The fourth-order valence-corrected chi connectivity index (χ4v) is 4.28. The third kappa shape index (κ3) is 5.72. The van der Waals surface area contributed by atoms with E-state index < -0.39 is 0 Å². The molecule has 2 amide bonds. The highest BCUT2D eigenvalue weighted by atomic mass is 16.5. The van der Waals surface area contributed by atoms with Gasteiger partial charge in [-0.15, -0.1) is 0 Å². The number of nitrogens with one attached hydrogen (secondary N) is 1. The standard InChI is InChI=1S/C23H35N3O3/c1-4-5-6-17-7-9-18(10-8-17)23(28)24-19-11-12-21-20(15-19)26(14-13-25(2)3)22(27)16-29-21/h11-12,15,17-18H,4-10,13-14,16H2,1-3H3,(H,24,28). The third-order valence-corrected chi connectivity index (χ3v) is 6.12. The zero-order chi connectivity index (χ0) is 20.8. The van der Waals surface area contributed by atoms with E-state index >= 15 is 0 Å². The number of benzene rings is 1. The summed E-state index contributed by atoms with van der Waals surface area (Å²) in [6.07, 6.45) is 8.10. The van der Waals surface area contributed by atoms with Crippen molar-refractivity contribution >= 4 is 23.2 Å². The molecule has 0 saturated heterocycles. The minimum absolute atomic E-state index is 0.0479. The summed E-state index contributed by atoms with van der Waals surface area (Å²) < 4.78 is 5.58. The second kappa shape index (κ2) is 10.1. The second-order valence-electron chi connectivity index (χ2n) is 8.67. The van der Waals surface area contributed by atoms with Crippen LogP contribution in [0.5, 0.6) is 5.75 Å². The molecule has 0 spiro atoms. The molecule has 1 fully saturated rings. The molecular formula is C23H35N3O3. The molecule has 1 aromatic carbocycles. The maximum Gasteiger partial charge on any atom is 0.265 e. The number of nitrogens with zero attached hydrogens (tertiary/aromatic N) is 2. The predicted molar refractivity (Wildman–Crippen MR) is 116 cm³/mol. The summed E-state index contributed by atoms with van der Waals surface area (Å²) in [4.78, 5) is 28.9. The number of amides is 2. The molecule has 1 aliphatic carbocycles. The number of carbonyl (C=O) groups excluding carboxylic acids is 2. The molecule has 1 aliphatic heterocycles. The molecule has 29 heavy (non-hydrogen) atoms. The van der Waals surface area contributed by atoms with E-state index in [9.17, 15) is 9.59 Å². The van der Waals surface area contributed by atoms with Crippen LogP contribution in [0.3, 0.4) is 0 Å². The van der Waals surface area contributed by atoms with E-state index in [0.717, 1.165) is 49.5 Å². The number of hydrogen-bond donors (Lipinski definition) is 1. The van der Waals surface area contributed by atoms with Gasteiger partial charge in [0.1, 0.15) is 5.75 Å². The summed E-state index contributed by atoms with van der Waals surface area (Å²) in [5.74, 6) is 1.62. The van der Waals surface area contributed by atoms with Crippen molar-refractivity contribution in [3.05, 3.63) is 18.2 Å². The van der Waals surface area contributed by atoms with Crippen molar-refractivity contribution in [3.63, 3.8) is 0 Å². The van der Waals surface area contributed by atoms with Crippen molar-refractivity contribution < 1.29 is 14.3 Å². The predicted octanol–water partition coefficient (Wildman–Crippen LogP) is 3.91. The molecule has 2 aliphatic rings. The smallest absolute Gasteiger partial charge is 0.265 e. The molecule has 0 aromatic heterocycles. The van der Waals surface area contributed by atoms with E-state index in [4.69, 9.17) is 4.74 Å². The maximum atomic E-state index is 12.8. The molecule has 3 rings (SSSR count). The van der Waals surface area contributed by atoms with Gasteiger partial charge in [-0.2, -0.15) is 0 Å². The van der Waals surface area contributed by atoms with Gasteiger partial charge >= 0.3 is 0 Å². The molecule has 6 nitrogen and oxygen atoms in total. The molecule has 0 unspecified atom stereocenters. The van der Waals surface area contributed by atoms with Gasteiger partial charge in [-0.05, 0) is 63.9 Å².